The summed E-state index contributed by atoms with van der Waals surface area (Å²) in [6.45, 7) is 3.73. The van der Waals surface area contributed by atoms with Gasteiger partial charge in [-0.15, -0.1) is 0 Å². The Hall–Kier alpha value is -3.46. The Kier molecular flexibility index (Phi) is 7.09. The van der Waals surface area contributed by atoms with Crippen LogP contribution in [0.15, 0.2) is 35.2 Å². The van der Waals surface area contributed by atoms with E-state index in [1.165, 1.54) is 20.3 Å². The number of pyridine rings is 1. The minimum absolute atomic E-state index is 0.0470. The van der Waals surface area contributed by atoms with Crippen molar-refractivity contribution in [1.82, 2.24) is 9.97 Å². The van der Waals surface area contributed by atoms with Gasteiger partial charge in [0.05, 0.1) is 27.4 Å². The number of allylic oxidation sites excluding steroid dienone is 2. The molecule has 9 heteroatoms. The second-order valence-corrected chi connectivity index (χ2v) is 7.25. The highest BCUT2D eigenvalue weighted by atomic mass is 19.1. The van der Waals surface area contributed by atoms with E-state index < -0.39 is 11.6 Å². The maximum absolute atomic E-state index is 14.9. The van der Waals surface area contributed by atoms with Gasteiger partial charge in [-0.05, 0) is 25.5 Å². The van der Waals surface area contributed by atoms with Crippen LogP contribution in [0.1, 0.15) is 30.5 Å². The average molecular weight is 444 g/mol. The molecule has 0 amide bonds. The number of nitrogens with zero attached hydrogens (tertiary/aromatic N) is 2. The molecular weight excluding hydrogens is 418 g/mol. The van der Waals surface area contributed by atoms with E-state index in [1.54, 1.807) is 26.2 Å². The number of aromatic nitrogens is 2. The number of halogens is 2. The summed E-state index contributed by atoms with van der Waals surface area (Å²) in [5.74, 6) is -1.77. The predicted octanol–water partition coefficient (Wildman–Crippen LogP) is 3.59. The Balaban J connectivity index is 2.11. The number of rotatable bonds is 8. The lowest BCUT2D eigenvalue weighted by molar-refractivity contribution is 0.307. The summed E-state index contributed by atoms with van der Waals surface area (Å²) in [4.78, 5) is 11.8. The number of aliphatic imine (C=N–C) groups is 1. The monoisotopic (exact) mass is 444 g/mol. The van der Waals surface area contributed by atoms with Crippen LogP contribution >= 0.6 is 0 Å². The molecule has 2 aromatic heterocycles. The summed E-state index contributed by atoms with van der Waals surface area (Å²) in [5, 5.41) is 9.76. The predicted molar refractivity (Wildman–Crippen MR) is 120 cm³/mol. The number of H-pyrrole nitrogens is 1. The van der Waals surface area contributed by atoms with Crippen molar-refractivity contribution >= 4 is 22.3 Å². The first-order valence-electron chi connectivity index (χ1n) is 9.96. The summed E-state index contributed by atoms with van der Waals surface area (Å²) >= 11 is 0. The van der Waals surface area contributed by atoms with E-state index in [2.05, 4.69) is 15.0 Å². The SMILES string of the molecule is COc1cc(OC)c(F)c(Cc2c[nH]c3ncc(C(C(C)=NCCO)=C(C)N)cc23)c1F. The standard InChI is InChI=1S/C23H26F2N4O3/c1-12(26)20(13(2)27-5-6-30)15-8-16-14(10-28-23(16)29-11-15)7-17-21(24)18(31-3)9-19(32-4)22(17)25/h8-11,30H,5-7,26H2,1-4H3,(H,28,29). The van der Waals surface area contributed by atoms with Gasteiger partial charge in [0.15, 0.2) is 23.1 Å². The number of fused-ring (bicyclic) bond motifs is 1. The molecule has 0 bridgehead atoms. The molecule has 0 atom stereocenters. The number of hydrogen-bond acceptors (Lipinski definition) is 6. The van der Waals surface area contributed by atoms with E-state index in [0.29, 0.717) is 39.1 Å². The number of aliphatic hydroxyl groups excluding tert-OH is 1. The number of aromatic amines is 1. The molecule has 4 N–H and O–H groups in total. The fraction of sp³-hybridized carbons (Fsp3) is 0.304. The first kappa shape index (κ1) is 23.2. The van der Waals surface area contributed by atoms with Gasteiger partial charge in [0.1, 0.15) is 5.65 Å². The van der Waals surface area contributed by atoms with Crippen molar-refractivity contribution in [3.8, 4) is 11.5 Å². The van der Waals surface area contributed by atoms with Gasteiger partial charge >= 0.3 is 0 Å². The number of methoxy groups -OCH3 is 2. The topological polar surface area (TPSA) is 106 Å². The van der Waals surface area contributed by atoms with Crippen molar-refractivity contribution in [2.75, 3.05) is 27.4 Å². The lowest BCUT2D eigenvalue weighted by Crippen LogP contribution is -2.07. The maximum Gasteiger partial charge on any atom is 0.171 e. The fourth-order valence-corrected chi connectivity index (χ4v) is 3.64. The number of nitrogens with one attached hydrogen (secondary N) is 1. The Morgan fingerprint density at radius 1 is 1.16 bits per heavy atom. The molecule has 0 saturated carbocycles. The van der Waals surface area contributed by atoms with Crippen LogP contribution in [0.25, 0.3) is 16.6 Å². The first-order chi connectivity index (χ1) is 15.3. The Morgan fingerprint density at radius 3 is 2.38 bits per heavy atom. The zero-order valence-corrected chi connectivity index (χ0v) is 18.4. The van der Waals surface area contributed by atoms with Gasteiger partial charge in [-0.2, -0.15) is 0 Å². The number of aliphatic hydroxyl groups is 1. The summed E-state index contributed by atoms with van der Waals surface area (Å²) < 4.78 is 39.8. The molecule has 0 saturated heterocycles. The molecule has 0 aliphatic heterocycles. The van der Waals surface area contributed by atoms with Gasteiger partial charge in [0.25, 0.3) is 0 Å². The summed E-state index contributed by atoms with van der Waals surface area (Å²) in [6, 6.07) is 3.03. The van der Waals surface area contributed by atoms with Crippen LogP contribution in [0, 0.1) is 11.6 Å². The molecule has 3 rings (SSSR count). The van der Waals surface area contributed by atoms with Gasteiger partial charge < -0.3 is 25.3 Å². The molecule has 0 spiro atoms. The van der Waals surface area contributed by atoms with E-state index >= 15 is 0 Å². The lowest BCUT2D eigenvalue weighted by atomic mass is 9.98. The van der Waals surface area contributed by atoms with Crippen molar-refractivity contribution in [2.45, 2.75) is 20.3 Å². The maximum atomic E-state index is 14.9. The third-order valence-corrected chi connectivity index (χ3v) is 5.14. The van der Waals surface area contributed by atoms with Crippen LogP contribution in [0.2, 0.25) is 0 Å². The number of nitrogens with two attached hydrogens (primary N) is 1. The van der Waals surface area contributed by atoms with Crippen LogP contribution in [0.3, 0.4) is 0 Å². The van der Waals surface area contributed by atoms with E-state index in [0.717, 1.165) is 0 Å². The summed E-state index contributed by atoms with van der Waals surface area (Å²) in [5.41, 5.74) is 9.74. The van der Waals surface area contributed by atoms with Crippen LogP contribution in [0.4, 0.5) is 8.78 Å². The molecule has 0 aliphatic carbocycles. The van der Waals surface area contributed by atoms with Crippen molar-refractivity contribution in [2.24, 2.45) is 10.7 Å². The van der Waals surface area contributed by atoms with E-state index in [1.807, 2.05) is 6.07 Å². The molecule has 0 unspecified atom stereocenters. The van der Waals surface area contributed by atoms with Crippen molar-refractivity contribution in [3.63, 3.8) is 0 Å². The van der Waals surface area contributed by atoms with Gasteiger partial charge in [0.2, 0.25) is 0 Å². The lowest BCUT2D eigenvalue weighted by Gasteiger charge is -2.13. The van der Waals surface area contributed by atoms with E-state index in [9.17, 15) is 8.78 Å². The van der Waals surface area contributed by atoms with Crippen LogP contribution in [-0.2, 0) is 6.42 Å². The van der Waals surface area contributed by atoms with Gasteiger partial charge in [-0.3, -0.25) is 4.99 Å². The van der Waals surface area contributed by atoms with E-state index in [4.69, 9.17) is 20.3 Å². The van der Waals surface area contributed by atoms with Gasteiger partial charge in [-0.25, -0.2) is 13.8 Å². The van der Waals surface area contributed by atoms with Crippen molar-refractivity contribution < 1.29 is 23.4 Å². The molecule has 170 valence electrons. The zero-order valence-electron chi connectivity index (χ0n) is 18.4. The van der Waals surface area contributed by atoms with Crippen LogP contribution < -0.4 is 15.2 Å². The van der Waals surface area contributed by atoms with Crippen molar-refractivity contribution in [3.05, 3.63) is 58.5 Å². The van der Waals surface area contributed by atoms with E-state index in [-0.39, 0.29) is 36.6 Å². The third-order valence-electron chi connectivity index (χ3n) is 5.14. The molecular formula is C23H26F2N4O3. The molecule has 0 radical (unpaired) electrons. The summed E-state index contributed by atoms with van der Waals surface area (Å²) in [6.07, 6.45) is 3.27. The largest absolute Gasteiger partial charge is 0.494 e. The second-order valence-electron chi connectivity index (χ2n) is 7.25. The molecule has 0 fully saturated rings. The molecule has 1 aromatic carbocycles. The molecule has 2 heterocycles. The van der Waals surface area contributed by atoms with Crippen LogP contribution in [-0.4, -0.2) is 48.2 Å². The quantitative estimate of drug-likeness (QED) is 0.461. The number of ether oxygens (including phenoxy) is 2. The molecule has 32 heavy (non-hydrogen) atoms. The third kappa shape index (κ3) is 4.43. The number of benzene rings is 1. The Morgan fingerprint density at radius 2 is 1.81 bits per heavy atom. The highest BCUT2D eigenvalue weighted by molar-refractivity contribution is 6.23. The number of hydrogen-bond donors (Lipinski definition) is 3. The zero-order chi connectivity index (χ0) is 23.4. The minimum atomic E-state index is -0.783. The second kappa shape index (κ2) is 9.78. The van der Waals surface area contributed by atoms with Gasteiger partial charge in [-0.1, -0.05) is 0 Å². The highest BCUT2D eigenvalue weighted by Crippen LogP contribution is 2.34. The Bertz CT molecular complexity index is 1170. The smallest absolute Gasteiger partial charge is 0.171 e. The Labute approximate surface area is 184 Å². The summed E-state index contributed by atoms with van der Waals surface area (Å²) in [7, 11) is 2.62. The molecule has 3 aromatic rings. The van der Waals surface area contributed by atoms with Crippen LogP contribution in [0.5, 0.6) is 11.5 Å². The minimum Gasteiger partial charge on any atom is -0.494 e. The first-order valence-corrected chi connectivity index (χ1v) is 9.96. The highest BCUT2D eigenvalue weighted by Gasteiger charge is 2.22. The molecule has 0 aliphatic rings. The normalized spacial score (nSPS) is 12.8. The molecule has 7 nitrogen and oxygen atoms in total. The van der Waals surface area contributed by atoms with Crippen molar-refractivity contribution in [1.29, 1.82) is 0 Å². The fourth-order valence-electron chi connectivity index (χ4n) is 3.64. The average Bonchev–Trinajstić information content (AvgIpc) is 3.17. The van der Waals surface area contributed by atoms with Gasteiger partial charge in [0, 0.05) is 58.4 Å².